The third-order valence-corrected chi connectivity index (χ3v) is 5.20. The van der Waals surface area contributed by atoms with E-state index < -0.39 is 0 Å². The van der Waals surface area contributed by atoms with Crippen molar-refractivity contribution >= 4 is 29.3 Å². The van der Waals surface area contributed by atoms with Crippen molar-refractivity contribution in [2.24, 2.45) is 0 Å². The maximum absolute atomic E-state index is 12.1. The second-order valence-electron chi connectivity index (χ2n) is 3.66. The summed E-state index contributed by atoms with van der Waals surface area (Å²) >= 11 is 3.69. The number of Topliss-reactive ketones (excluding diaryl/α,β-unsaturated/α-hetero) is 1. The summed E-state index contributed by atoms with van der Waals surface area (Å²) in [4.78, 5) is 12.1. The number of carbonyl (C=O) groups is 1. The molecular formula is C12H14OS2. The topological polar surface area (TPSA) is 17.1 Å². The Morgan fingerprint density at radius 2 is 2.00 bits per heavy atom. The Hall–Kier alpha value is -0.410. The van der Waals surface area contributed by atoms with Gasteiger partial charge in [-0.3, -0.25) is 4.79 Å². The van der Waals surface area contributed by atoms with Crippen LogP contribution in [0.5, 0.6) is 0 Å². The molecule has 1 nitrogen and oxygen atoms in total. The van der Waals surface area contributed by atoms with Crippen LogP contribution in [0.2, 0.25) is 0 Å². The van der Waals surface area contributed by atoms with Gasteiger partial charge < -0.3 is 0 Å². The average Bonchev–Trinajstić information content (AvgIpc) is 2.30. The van der Waals surface area contributed by atoms with Gasteiger partial charge in [-0.05, 0) is 6.92 Å². The number of benzene rings is 1. The molecule has 0 radical (unpaired) electrons. The van der Waals surface area contributed by atoms with Gasteiger partial charge in [-0.25, -0.2) is 0 Å². The van der Waals surface area contributed by atoms with Crippen LogP contribution in [0, 0.1) is 6.92 Å². The van der Waals surface area contributed by atoms with E-state index in [1.54, 1.807) is 11.8 Å². The number of hydrogen-bond donors (Lipinski definition) is 0. The Labute approximate surface area is 99.0 Å². The van der Waals surface area contributed by atoms with E-state index in [1.807, 2.05) is 43.0 Å². The molecule has 0 bridgehead atoms. The van der Waals surface area contributed by atoms with E-state index in [9.17, 15) is 4.79 Å². The molecule has 80 valence electrons. The molecule has 2 rings (SSSR count). The molecule has 0 saturated carbocycles. The fourth-order valence-corrected chi connectivity index (χ4v) is 4.18. The molecule has 1 heterocycles. The first-order valence-electron chi connectivity index (χ1n) is 5.07. The summed E-state index contributed by atoms with van der Waals surface area (Å²) in [6.45, 7) is 2.04. The van der Waals surface area contributed by atoms with Gasteiger partial charge in [0.2, 0.25) is 0 Å². The molecule has 1 saturated heterocycles. The van der Waals surface area contributed by atoms with Crippen molar-refractivity contribution in [2.75, 3.05) is 17.3 Å². The third kappa shape index (κ3) is 2.79. The van der Waals surface area contributed by atoms with Crippen molar-refractivity contribution < 1.29 is 4.79 Å². The van der Waals surface area contributed by atoms with Crippen molar-refractivity contribution in [3.63, 3.8) is 0 Å². The minimum absolute atomic E-state index is 0.173. The Balaban J connectivity index is 2.09. The Bertz CT molecular complexity index is 339. The third-order valence-electron chi connectivity index (χ3n) is 2.44. The number of carbonyl (C=O) groups excluding carboxylic acids is 1. The minimum atomic E-state index is 0.173. The van der Waals surface area contributed by atoms with E-state index in [1.165, 1.54) is 11.3 Å². The fourth-order valence-electron chi connectivity index (χ4n) is 1.54. The molecule has 1 atom stereocenters. The first-order chi connectivity index (χ1) is 7.27. The van der Waals surface area contributed by atoms with Crippen LogP contribution in [-0.2, 0) is 0 Å². The van der Waals surface area contributed by atoms with Gasteiger partial charge >= 0.3 is 0 Å². The first-order valence-corrected chi connectivity index (χ1v) is 7.28. The van der Waals surface area contributed by atoms with E-state index in [0.717, 1.165) is 17.1 Å². The highest BCUT2D eigenvalue weighted by molar-refractivity contribution is 8.07. The zero-order valence-electron chi connectivity index (χ0n) is 8.73. The van der Waals surface area contributed by atoms with Crippen LogP contribution in [0.3, 0.4) is 0 Å². The number of aryl methyl sites for hydroxylation is 1. The molecule has 0 amide bonds. The molecule has 1 fully saturated rings. The van der Waals surface area contributed by atoms with Crippen molar-refractivity contribution in [3.05, 3.63) is 35.4 Å². The van der Waals surface area contributed by atoms with Gasteiger partial charge in [0.05, 0.1) is 5.25 Å². The lowest BCUT2D eigenvalue weighted by Crippen LogP contribution is -2.24. The van der Waals surface area contributed by atoms with Crippen LogP contribution >= 0.6 is 23.5 Å². The molecular weight excluding hydrogens is 224 g/mol. The molecule has 15 heavy (non-hydrogen) atoms. The summed E-state index contributed by atoms with van der Waals surface area (Å²) in [5.41, 5.74) is 2.07. The second kappa shape index (κ2) is 5.08. The van der Waals surface area contributed by atoms with E-state index in [0.29, 0.717) is 5.78 Å². The molecule has 0 spiro atoms. The lowest BCUT2D eigenvalue weighted by molar-refractivity contribution is 0.0995. The van der Waals surface area contributed by atoms with Gasteiger partial charge in [-0.1, -0.05) is 29.8 Å². The van der Waals surface area contributed by atoms with E-state index >= 15 is 0 Å². The van der Waals surface area contributed by atoms with E-state index in [2.05, 4.69) is 0 Å². The van der Waals surface area contributed by atoms with Crippen LogP contribution in [0.15, 0.2) is 24.3 Å². The SMILES string of the molecule is Cc1ccc(C(=O)C2CSCCS2)cc1. The maximum Gasteiger partial charge on any atom is 0.176 e. The van der Waals surface area contributed by atoms with Crippen molar-refractivity contribution in [1.82, 2.24) is 0 Å². The number of hydrogen-bond acceptors (Lipinski definition) is 3. The van der Waals surface area contributed by atoms with Crippen LogP contribution < -0.4 is 0 Å². The predicted molar refractivity (Wildman–Crippen MR) is 69.1 cm³/mol. The standard InChI is InChI=1S/C12H14OS2/c1-9-2-4-10(5-3-9)12(13)11-8-14-6-7-15-11/h2-5,11H,6-8H2,1H3. The zero-order valence-corrected chi connectivity index (χ0v) is 10.4. The van der Waals surface area contributed by atoms with Gasteiger partial charge in [0.15, 0.2) is 5.78 Å². The quantitative estimate of drug-likeness (QED) is 0.737. The lowest BCUT2D eigenvalue weighted by Gasteiger charge is -2.19. The Morgan fingerprint density at radius 3 is 2.60 bits per heavy atom. The van der Waals surface area contributed by atoms with Crippen LogP contribution in [0.25, 0.3) is 0 Å². The first kappa shape index (κ1) is 11.1. The minimum Gasteiger partial charge on any atom is -0.293 e. The molecule has 0 aliphatic carbocycles. The van der Waals surface area contributed by atoms with E-state index in [4.69, 9.17) is 0 Å². The van der Waals surface area contributed by atoms with Gasteiger partial charge in [0.25, 0.3) is 0 Å². The predicted octanol–water partition coefficient (Wildman–Crippen LogP) is 3.03. The molecule has 1 aliphatic rings. The Kier molecular flexibility index (Phi) is 3.76. The molecule has 1 aromatic rings. The molecule has 1 aromatic carbocycles. The highest BCUT2D eigenvalue weighted by Crippen LogP contribution is 2.26. The van der Waals surface area contributed by atoms with Crippen molar-refractivity contribution in [1.29, 1.82) is 0 Å². The highest BCUT2D eigenvalue weighted by Gasteiger charge is 2.22. The van der Waals surface area contributed by atoms with Crippen molar-refractivity contribution in [3.8, 4) is 0 Å². The van der Waals surface area contributed by atoms with E-state index in [-0.39, 0.29) is 5.25 Å². The zero-order chi connectivity index (χ0) is 10.7. The monoisotopic (exact) mass is 238 g/mol. The molecule has 3 heteroatoms. The van der Waals surface area contributed by atoms with Crippen LogP contribution in [0.4, 0.5) is 0 Å². The smallest absolute Gasteiger partial charge is 0.176 e. The normalized spacial score (nSPS) is 21.3. The molecule has 1 aliphatic heterocycles. The summed E-state index contributed by atoms with van der Waals surface area (Å²) in [5.74, 6) is 3.55. The largest absolute Gasteiger partial charge is 0.293 e. The maximum atomic E-state index is 12.1. The Morgan fingerprint density at radius 1 is 1.27 bits per heavy atom. The van der Waals surface area contributed by atoms with Gasteiger partial charge in [-0.2, -0.15) is 11.8 Å². The fraction of sp³-hybridized carbons (Fsp3) is 0.417. The summed E-state index contributed by atoms with van der Waals surface area (Å²) < 4.78 is 0. The van der Waals surface area contributed by atoms with Crippen LogP contribution in [0.1, 0.15) is 15.9 Å². The molecule has 0 aromatic heterocycles. The van der Waals surface area contributed by atoms with Gasteiger partial charge in [-0.15, -0.1) is 11.8 Å². The highest BCUT2D eigenvalue weighted by atomic mass is 32.2. The van der Waals surface area contributed by atoms with Crippen molar-refractivity contribution in [2.45, 2.75) is 12.2 Å². The molecule has 1 unspecified atom stereocenters. The number of rotatable bonds is 2. The number of thioether (sulfide) groups is 2. The summed E-state index contributed by atoms with van der Waals surface area (Å²) in [5, 5.41) is 0.173. The average molecular weight is 238 g/mol. The van der Waals surface area contributed by atoms with Gasteiger partial charge in [0, 0.05) is 22.8 Å². The number of ketones is 1. The van der Waals surface area contributed by atoms with Crippen LogP contribution in [-0.4, -0.2) is 28.3 Å². The van der Waals surface area contributed by atoms with Gasteiger partial charge in [0.1, 0.15) is 0 Å². The summed E-state index contributed by atoms with van der Waals surface area (Å²) in [6.07, 6.45) is 0. The lowest BCUT2D eigenvalue weighted by atomic mass is 10.1. The summed E-state index contributed by atoms with van der Waals surface area (Å²) in [6, 6.07) is 7.90. The molecule has 0 N–H and O–H groups in total. The summed E-state index contributed by atoms with van der Waals surface area (Å²) in [7, 11) is 0. The second-order valence-corrected chi connectivity index (χ2v) is 6.13.